The van der Waals surface area contributed by atoms with Crippen molar-refractivity contribution in [2.45, 2.75) is 25.4 Å². The van der Waals surface area contributed by atoms with E-state index >= 15 is 0 Å². The zero-order valence-corrected chi connectivity index (χ0v) is 18.8. The molecule has 0 fully saturated rings. The predicted octanol–water partition coefficient (Wildman–Crippen LogP) is 5.54. The van der Waals surface area contributed by atoms with Crippen molar-refractivity contribution >= 4 is 28.6 Å². The lowest BCUT2D eigenvalue weighted by Gasteiger charge is -2.18. The van der Waals surface area contributed by atoms with E-state index in [1.165, 1.54) is 12.1 Å². The molecule has 0 saturated heterocycles. The fourth-order valence-electron chi connectivity index (χ4n) is 3.61. The number of hydrogen-bond acceptors (Lipinski definition) is 4. The number of halogens is 3. The molecule has 1 atom stereocenters. The molecule has 0 aliphatic rings. The van der Waals surface area contributed by atoms with Crippen LogP contribution in [0.4, 0.5) is 23.7 Å². The number of amides is 2. The Morgan fingerprint density at radius 1 is 0.917 bits per heavy atom. The van der Waals surface area contributed by atoms with E-state index in [2.05, 4.69) is 20.4 Å². The summed E-state index contributed by atoms with van der Waals surface area (Å²) < 4.78 is 46.3. The van der Waals surface area contributed by atoms with Crippen molar-refractivity contribution in [1.82, 2.24) is 10.3 Å². The lowest BCUT2D eigenvalue weighted by molar-refractivity contribution is -0.274. The maximum absolute atomic E-state index is 13.1. The lowest BCUT2D eigenvalue weighted by Crippen LogP contribution is -2.45. The lowest BCUT2D eigenvalue weighted by atomic mass is 10.0. The fourth-order valence-corrected chi connectivity index (χ4v) is 3.61. The number of H-pyrrole nitrogens is 1. The molecule has 36 heavy (non-hydrogen) atoms. The van der Waals surface area contributed by atoms with Crippen LogP contribution in [0.2, 0.25) is 0 Å². The smallest absolute Gasteiger partial charge is 0.445 e. The molecule has 3 N–H and O–H groups in total. The number of anilines is 1. The van der Waals surface area contributed by atoms with Gasteiger partial charge in [-0.1, -0.05) is 48.5 Å². The summed E-state index contributed by atoms with van der Waals surface area (Å²) in [6.45, 7) is 0.0226. The maximum atomic E-state index is 13.1. The van der Waals surface area contributed by atoms with Gasteiger partial charge in [0.25, 0.3) is 0 Å². The predicted molar refractivity (Wildman–Crippen MR) is 127 cm³/mol. The molecular formula is C26H22F3N3O4. The Bertz CT molecular complexity index is 1320. The Balaban J connectivity index is 1.47. The van der Waals surface area contributed by atoms with Crippen molar-refractivity contribution < 1.29 is 32.2 Å². The number of fused-ring (bicyclic) bond motifs is 1. The molecule has 10 heteroatoms. The standard InChI is InChI=1S/C26H22F3N3O4/c27-26(28,29)36-20-12-10-19(11-13-20)31-24(33)23(14-18-15-30-22-9-5-4-8-21(18)22)32-25(34)35-16-17-6-2-1-3-7-17/h1-13,15,23,30H,14,16H2,(H,31,33)(H,32,34). The van der Waals surface area contributed by atoms with E-state index in [-0.39, 0.29) is 18.7 Å². The summed E-state index contributed by atoms with van der Waals surface area (Å²) in [6, 6.07) is 20.3. The van der Waals surface area contributed by atoms with Gasteiger partial charge in [-0.15, -0.1) is 13.2 Å². The first-order valence-electron chi connectivity index (χ1n) is 11.0. The number of alkyl halides is 3. The maximum Gasteiger partial charge on any atom is 0.573 e. The van der Waals surface area contributed by atoms with Crippen LogP contribution < -0.4 is 15.4 Å². The van der Waals surface area contributed by atoms with Crippen molar-refractivity contribution in [2.24, 2.45) is 0 Å². The number of carbonyl (C=O) groups excluding carboxylic acids is 2. The van der Waals surface area contributed by atoms with Gasteiger partial charge in [-0.25, -0.2) is 4.79 Å². The number of alkyl carbamates (subject to hydrolysis) is 1. The number of ether oxygens (including phenoxy) is 2. The number of para-hydroxylation sites is 1. The van der Waals surface area contributed by atoms with Gasteiger partial charge in [0, 0.05) is 29.2 Å². The van der Waals surface area contributed by atoms with E-state index in [1.54, 1.807) is 18.3 Å². The van der Waals surface area contributed by atoms with Crippen LogP contribution in [-0.2, 0) is 22.6 Å². The van der Waals surface area contributed by atoms with Crippen LogP contribution in [0.1, 0.15) is 11.1 Å². The average Bonchev–Trinajstić information content (AvgIpc) is 3.26. The Morgan fingerprint density at radius 3 is 2.33 bits per heavy atom. The molecule has 1 heterocycles. The monoisotopic (exact) mass is 497 g/mol. The average molecular weight is 497 g/mol. The van der Waals surface area contributed by atoms with E-state index in [9.17, 15) is 22.8 Å². The SMILES string of the molecule is O=C(NC(Cc1c[nH]c2ccccc12)C(=O)Nc1ccc(OC(F)(F)F)cc1)OCc1ccccc1. The number of benzene rings is 3. The highest BCUT2D eigenvalue weighted by atomic mass is 19.4. The Morgan fingerprint density at radius 2 is 1.61 bits per heavy atom. The van der Waals surface area contributed by atoms with Crippen molar-refractivity contribution in [1.29, 1.82) is 0 Å². The molecule has 0 aliphatic carbocycles. The number of aromatic amines is 1. The van der Waals surface area contributed by atoms with E-state index in [4.69, 9.17) is 4.74 Å². The van der Waals surface area contributed by atoms with Crippen LogP contribution in [-0.4, -0.2) is 29.4 Å². The molecule has 186 valence electrons. The van der Waals surface area contributed by atoms with E-state index in [1.807, 2.05) is 42.5 Å². The Kier molecular flexibility index (Phi) is 7.43. The zero-order chi connectivity index (χ0) is 25.5. The van der Waals surface area contributed by atoms with E-state index in [0.29, 0.717) is 0 Å². The molecule has 4 rings (SSSR count). The third-order valence-electron chi connectivity index (χ3n) is 5.28. The van der Waals surface area contributed by atoms with Crippen LogP contribution in [0, 0.1) is 0 Å². The van der Waals surface area contributed by atoms with Crippen LogP contribution >= 0.6 is 0 Å². The molecular weight excluding hydrogens is 475 g/mol. The summed E-state index contributed by atoms with van der Waals surface area (Å²) >= 11 is 0. The summed E-state index contributed by atoms with van der Waals surface area (Å²) in [6.07, 6.45) is -3.71. The zero-order valence-electron chi connectivity index (χ0n) is 18.8. The van der Waals surface area contributed by atoms with E-state index < -0.39 is 30.2 Å². The number of nitrogens with one attached hydrogen (secondary N) is 3. The first-order chi connectivity index (χ1) is 17.3. The van der Waals surface area contributed by atoms with Gasteiger partial charge >= 0.3 is 12.5 Å². The van der Waals surface area contributed by atoms with Gasteiger partial charge in [0.05, 0.1) is 0 Å². The molecule has 0 radical (unpaired) electrons. The minimum Gasteiger partial charge on any atom is -0.445 e. The summed E-state index contributed by atoms with van der Waals surface area (Å²) in [4.78, 5) is 28.7. The van der Waals surface area contributed by atoms with Crippen molar-refractivity contribution in [3.05, 3.63) is 96.2 Å². The van der Waals surface area contributed by atoms with E-state index in [0.717, 1.165) is 34.2 Å². The van der Waals surface area contributed by atoms with Gasteiger partial charge < -0.3 is 25.1 Å². The second-order valence-corrected chi connectivity index (χ2v) is 7.88. The normalized spacial score (nSPS) is 12.1. The molecule has 2 amide bonds. The highest BCUT2D eigenvalue weighted by Gasteiger charge is 2.31. The summed E-state index contributed by atoms with van der Waals surface area (Å²) in [5.74, 6) is -0.986. The van der Waals surface area contributed by atoms with Gasteiger partial charge in [0.1, 0.15) is 18.4 Å². The molecule has 0 aliphatic heterocycles. The molecule has 1 unspecified atom stereocenters. The highest BCUT2D eigenvalue weighted by Crippen LogP contribution is 2.24. The van der Waals surface area contributed by atoms with Crippen LogP contribution in [0.5, 0.6) is 5.75 Å². The number of carbonyl (C=O) groups is 2. The fraction of sp³-hybridized carbons (Fsp3) is 0.154. The number of rotatable bonds is 8. The molecule has 0 spiro atoms. The summed E-state index contributed by atoms with van der Waals surface area (Å²) in [5.41, 5.74) is 2.69. The minimum atomic E-state index is -4.82. The Hall–Kier alpha value is -4.47. The van der Waals surface area contributed by atoms with Crippen molar-refractivity contribution in [2.75, 3.05) is 5.32 Å². The Labute approximate surface area is 204 Å². The molecule has 4 aromatic rings. The molecule has 0 bridgehead atoms. The quantitative estimate of drug-likeness (QED) is 0.298. The molecule has 1 aromatic heterocycles. The van der Waals surface area contributed by atoms with Gasteiger partial charge in [-0.2, -0.15) is 0 Å². The molecule has 7 nitrogen and oxygen atoms in total. The van der Waals surface area contributed by atoms with Gasteiger partial charge in [0.2, 0.25) is 5.91 Å². The van der Waals surface area contributed by atoms with Gasteiger partial charge in [0.15, 0.2) is 0 Å². The largest absolute Gasteiger partial charge is 0.573 e. The topological polar surface area (TPSA) is 92.5 Å². The van der Waals surface area contributed by atoms with Crippen molar-refractivity contribution in [3.63, 3.8) is 0 Å². The first-order valence-corrected chi connectivity index (χ1v) is 11.0. The molecule has 0 saturated carbocycles. The second-order valence-electron chi connectivity index (χ2n) is 7.88. The van der Waals surface area contributed by atoms with Gasteiger partial charge in [-0.05, 0) is 41.5 Å². The number of hydrogen-bond donors (Lipinski definition) is 3. The third-order valence-corrected chi connectivity index (χ3v) is 5.28. The third kappa shape index (κ3) is 6.78. The summed E-state index contributed by atoms with van der Waals surface area (Å²) in [5, 5.41) is 6.10. The highest BCUT2D eigenvalue weighted by molar-refractivity contribution is 5.97. The number of aromatic nitrogens is 1. The van der Waals surface area contributed by atoms with Crippen molar-refractivity contribution in [3.8, 4) is 5.75 Å². The molecule has 3 aromatic carbocycles. The van der Waals surface area contributed by atoms with Crippen LogP contribution in [0.3, 0.4) is 0 Å². The summed E-state index contributed by atoms with van der Waals surface area (Å²) in [7, 11) is 0. The van der Waals surface area contributed by atoms with Gasteiger partial charge in [-0.3, -0.25) is 4.79 Å². The second kappa shape index (κ2) is 10.9. The first kappa shape index (κ1) is 24.6. The van der Waals surface area contributed by atoms with Crippen LogP contribution in [0.25, 0.3) is 10.9 Å². The minimum absolute atomic E-state index is 0.0226. The van der Waals surface area contributed by atoms with Crippen LogP contribution in [0.15, 0.2) is 85.1 Å².